The van der Waals surface area contributed by atoms with Crippen molar-refractivity contribution in [1.82, 2.24) is 5.32 Å². The van der Waals surface area contributed by atoms with Crippen molar-refractivity contribution in [1.29, 1.82) is 0 Å². The molecule has 0 atom stereocenters. The van der Waals surface area contributed by atoms with Crippen LogP contribution in [-0.2, 0) is 16.4 Å². The van der Waals surface area contributed by atoms with Gasteiger partial charge in [-0.1, -0.05) is 41.9 Å². The van der Waals surface area contributed by atoms with Crippen molar-refractivity contribution in [2.75, 3.05) is 17.9 Å². The quantitative estimate of drug-likeness (QED) is 0.589. The molecule has 1 amide bonds. The van der Waals surface area contributed by atoms with Crippen molar-refractivity contribution in [2.45, 2.75) is 11.3 Å². The monoisotopic (exact) mass is 446 g/mol. The number of nitrogens with zero attached hydrogens (tertiary/aromatic N) is 1. The van der Waals surface area contributed by atoms with Gasteiger partial charge in [-0.2, -0.15) is 0 Å². The van der Waals surface area contributed by atoms with E-state index in [9.17, 15) is 17.6 Å². The third kappa shape index (κ3) is 4.98. The van der Waals surface area contributed by atoms with Crippen molar-refractivity contribution in [2.24, 2.45) is 0 Å². The number of amides is 1. The van der Waals surface area contributed by atoms with E-state index < -0.39 is 21.7 Å². The molecule has 3 rings (SSSR count). The number of carbonyl (C=O) groups is 1. The van der Waals surface area contributed by atoms with Crippen LogP contribution < -0.4 is 9.62 Å². The van der Waals surface area contributed by atoms with Gasteiger partial charge in [-0.15, -0.1) is 0 Å². The summed E-state index contributed by atoms with van der Waals surface area (Å²) in [6.07, 6.45) is 0.634. The van der Waals surface area contributed by atoms with E-state index in [2.05, 4.69) is 5.32 Å². The molecule has 3 aromatic rings. The van der Waals surface area contributed by atoms with Gasteiger partial charge in [-0.25, -0.2) is 12.8 Å². The highest BCUT2D eigenvalue weighted by Gasteiger charge is 2.23. The maximum Gasteiger partial charge on any atom is 0.264 e. The van der Waals surface area contributed by atoms with Gasteiger partial charge in [0.2, 0.25) is 0 Å². The van der Waals surface area contributed by atoms with E-state index in [1.807, 2.05) is 30.3 Å². The van der Waals surface area contributed by atoms with Gasteiger partial charge in [0.25, 0.3) is 15.9 Å². The first-order valence-corrected chi connectivity index (χ1v) is 11.0. The molecular formula is C22H20ClFN2O3S. The second kappa shape index (κ2) is 9.28. The zero-order valence-electron chi connectivity index (χ0n) is 16.2. The summed E-state index contributed by atoms with van der Waals surface area (Å²) in [5, 5.41) is 2.91. The van der Waals surface area contributed by atoms with Crippen LogP contribution in [0, 0.1) is 5.82 Å². The molecule has 3 aromatic carbocycles. The number of sulfonamides is 1. The molecule has 1 N–H and O–H groups in total. The lowest BCUT2D eigenvalue weighted by Gasteiger charge is -2.20. The molecule has 0 saturated carbocycles. The second-order valence-corrected chi connectivity index (χ2v) is 8.96. The summed E-state index contributed by atoms with van der Waals surface area (Å²) in [4.78, 5) is 12.5. The smallest absolute Gasteiger partial charge is 0.264 e. The highest BCUT2D eigenvalue weighted by Crippen LogP contribution is 2.26. The minimum Gasteiger partial charge on any atom is -0.352 e. The summed E-state index contributed by atoms with van der Waals surface area (Å²) < 4.78 is 40.1. The predicted molar refractivity (Wildman–Crippen MR) is 116 cm³/mol. The Kier molecular flexibility index (Phi) is 6.74. The molecule has 0 aliphatic rings. The number of hydrogen-bond donors (Lipinski definition) is 1. The van der Waals surface area contributed by atoms with Gasteiger partial charge >= 0.3 is 0 Å². The average Bonchev–Trinajstić information content (AvgIpc) is 2.74. The number of nitrogens with one attached hydrogen (secondary N) is 1. The summed E-state index contributed by atoms with van der Waals surface area (Å²) in [5.74, 6) is -0.928. The highest BCUT2D eigenvalue weighted by molar-refractivity contribution is 7.92. The molecule has 5 nitrogen and oxygen atoms in total. The lowest BCUT2D eigenvalue weighted by atomic mass is 10.1. The summed E-state index contributed by atoms with van der Waals surface area (Å²) in [6.45, 7) is 0.381. The van der Waals surface area contributed by atoms with Crippen LogP contribution in [0.4, 0.5) is 10.1 Å². The number of benzene rings is 3. The van der Waals surface area contributed by atoms with E-state index in [0.29, 0.717) is 18.7 Å². The Morgan fingerprint density at radius 3 is 2.37 bits per heavy atom. The van der Waals surface area contributed by atoms with Gasteiger partial charge in [-0.3, -0.25) is 9.10 Å². The molecule has 0 fully saturated rings. The molecule has 0 radical (unpaired) electrons. The summed E-state index contributed by atoms with van der Waals surface area (Å²) >= 11 is 6.14. The fraction of sp³-hybridized carbons (Fsp3) is 0.136. The first-order chi connectivity index (χ1) is 14.3. The summed E-state index contributed by atoms with van der Waals surface area (Å²) in [7, 11) is -2.61. The van der Waals surface area contributed by atoms with Gasteiger partial charge in [0.15, 0.2) is 0 Å². The Labute approximate surface area is 180 Å². The van der Waals surface area contributed by atoms with Crippen LogP contribution in [0.2, 0.25) is 5.02 Å². The van der Waals surface area contributed by atoms with Crippen molar-refractivity contribution in [3.05, 3.63) is 94.8 Å². The van der Waals surface area contributed by atoms with E-state index >= 15 is 0 Å². The molecule has 8 heteroatoms. The zero-order chi connectivity index (χ0) is 21.7. The highest BCUT2D eigenvalue weighted by atomic mass is 35.5. The Hall–Kier alpha value is -2.90. The maximum absolute atomic E-state index is 13.1. The number of hydrogen-bond acceptors (Lipinski definition) is 3. The van der Waals surface area contributed by atoms with Crippen LogP contribution in [0.15, 0.2) is 77.7 Å². The molecule has 0 saturated heterocycles. The van der Waals surface area contributed by atoms with Gasteiger partial charge in [0.1, 0.15) is 5.82 Å². The zero-order valence-corrected chi connectivity index (χ0v) is 17.8. The van der Waals surface area contributed by atoms with Gasteiger partial charge < -0.3 is 5.32 Å². The van der Waals surface area contributed by atoms with Gasteiger partial charge in [-0.05, 0) is 54.4 Å². The fourth-order valence-corrected chi connectivity index (χ4v) is 4.27. The molecule has 0 bridgehead atoms. The Morgan fingerprint density at radius 1 is 1.03 bits per heavy atom. The number of carbonyl (C=O) groups excluding carboxylic acids is 1. The average molecular weight is 447 g/mol. The first kappa shape index (κ1) is 21.8. The van der Waals surface area contributed by atoms with Gasteiger partial charge in [0, 0.05) is 13.6 Å². The maximum atomic E-state index is 13.1. The van der Waals surface area contributed by atoms with E-state index in [1.54, 1.807) is 0 Å². The first-order valence-electron chi connectivity index (χ1n) is 9.15. The predicted octanol–water partition coefficient (Wildman–Crippen LogP) is 4.28. The molecule has 30 heavy (non-hydrogen) atoms. The molecule has 0 aromatic heterocycles. The lowest BCUT2D eigenvalue weighted by Crippen LogP contribution is -2.28. The van der Waals surface area contributed by atoms with Crippen LogP contribution in [0.5, 0.6) is 0 Å². The summed E-state index contributed by atoms with van der Waals surface area (Å²) in [5.41, 5.74) is 1.43. The lowest BCUT2D eigenvalue weighted by molar-refractivity contribution is 0.0954. The fourth-order valence-electron chi connectivity index (χ4n) is 2.85. The van der Waals surface area contributed by atoms with Crippen molar-refractivity contribution >= 4 is 33.2 Å². The van der Waals surface area contributed by atoms with Crippen LogP contribution in [0.3, 0.4) is 0 Å². The van der Waals surface area contributed by atoms with E-state index in [1.165, 1.54) is 49.5 Å². The third-order valence-electron chi connectivity index (χ3n) is 4.57. The van der Waals surface area contributed by atoms with Crippen LogP contribution in [-0.4, -0.2) is 27.9 Å². The SMILES string of the molecule is CN(c1ccc(F)cc1)S(=O)(=O)c1ccc(Cl)c(C(=O)NCCc2ccccc2)c1. The van der Waals surface area contributed by atoms with Gasteiger partial charge in [0.05, 0.1) is 21.2 Å². The molecule has 0 unspecified atom stereocenters. The third-order valence-corrected chi connectivity index (χ3v) is 6.68. The van der Waals surface area contributed by atoms with Crippen molar-refractivity contribution < 1.29 is 17.6 Å². The molecule has 156 valence electrons. The minimum absolute atomic E-state index is 0.0679. The molecule has 0 spiro atoms. The van der Waals surface area contributed by atoms with E-state index in [4.69, 9.17) is 11.6 Å². The summed E-state index contributed by atoms with van der Waals surface area (Å²) in [6, 6.07) is 18.7. The minimum atomic E-state index is -3.97. The molecule has 0 heterocycles. The Balaban J connectivity index is 1.78. The number of rotatable bonds is 7. The van der Waals surface area contributed by atoms with E-state index in [0.717, 1.165) is 9.87 Å². The number of anilines is 1. The Morgan fingerprint density at radius 2 is 1.70 bits per heavy atom. The molecular weight excluding hydrogens is 427 g/mol. The van der Waals surface area contributed by atoms with Crippen LogP contribution in [0.1, 0.15) is 15.9 Å². The number of halogens is 2. The second-order valence-electron chi connectivity index (χ2n) is 6.58. The van der Waals surface area contributed by atoms with Crippen LogP contribution in [0.25, 0.3) is 0 Å². The standard InChI is InChI=1S/C22H20ClFN2O3S/c1-26(18-9-7-17(24)8-10-18)30(28,29)19-11-12-21(23)20(15-19)22(27)25-14-13-16-5-3-2-4-6-16/h2-12,15H,13-14H2,1H3,(H,25,27). The van der Waals surface area contributed by atoms with Crippen LogP contribution >= 0.6 is 11.6 Å². The normalized spacial score (nSPS) is 11.2. The van der Waals surface area contributed by atoms with Crippen molar-refractivity contribution in [3.63, 3.8) is 0 Å². The Bertz CT molecular complexity index is 1140. The molecule has 0 aliphatic carbocycles. The van der Waals surface area contributed by atoms with E-state index in [-0.39, 0.29) is 15.5 Å². The molecule has 0 aliphatic heterocycles. The largest absolute Gasteiger partial charge is 0.352 e. The topological polar surface area (TPSA) is 66.5 Å². The van der Waals surface area contributed by atoms with Crippen molar-refractivity contribution in [3.8, 4) is 0 Å².